The molecule has 0 aliphatic rings. The van der Waals surface area contributed by atoms with E-state index in [9.17, 15) is 27.3 Å². The number of alkyl halides is 3. The Morgan fingerprint density at radius 3 is 2.23 bits per heavy atom. The minimum atomic E-state index is -4.52. The zero-order chi connectivity index (χ0) is 38.2. The number of carbonyl (C=O) groups is 1. The average Bonchev–Trinajstić information content (AvgIpc) is 3.06. The number of hydrogen-bond donors (Lipinski definition) is 1. The minimum absolute atomic E-state index is 0.00229. The Morgan fingerprint density at radius 2 is 1.58 bits per heavy atom. The van der Waals surface area contributed by atoms with E-state index in [0.29, 0.717) is 25.7 Å². The molecule has 0 aliphatic heterocycles. The van der Waals surface area contributed by atoms with Gasteiger partial charge in [0, 0.05) is 27.3 Å². The maximum absolute atomic E-state index is 13.7. The van der Waals surface area contributed by atoms with Crippen LogP contribution in [0.1, 0.15) is 38.3 Å². The Bertz CT molecular complexity index is 1940. The highest BCUT2D eigenvalue weighted by molar-refractivity contribution is 7.48. The summed E-state index contributed by atoms with van der Waals surface area (Å²) in [6, 6.07) is 14.5. The predicted molar refractivity (Wildman–Crippen MR) is 185 cm³/mol. The van der Waals surface area contributed by atoms with Crippen molar-refractivity contribution in [3.8, 4) is 11.5 Å². The number of aryl methyl sites for hydroxylation is 1. The molecule has 284 valence electrons. The zero-order valence-corrected chi connectivity index (χ0v) is 30.9. The van der Waals surface area contributed by atoms with Crippen LogP contribution in [0.25, 0.3) is 20.2 Å². The molecule has 0 saturated carbocycles. The molecular formula is C34H39F3NO12PS. The van der Waals surface area contributed by atoms with Gasteiger partial charge in [-0.15, -0.1) is 20.7 Å². The van der Waals surface area contributed by atoms with Crippen LogP contribution in [0.15, 0.2) is 65.5 Å². The minimum Gasteiger partial charge on any atom is -0.457 e. The van der Waals surface area contributed by atoms with Gasteiger partial charge in [-0.3, -0.25) is 9.32 Å². The zero-order valence-electron chi connectivity index (χ0n) is 29.2. The average molecular weight is 774 g/mol. The van der Waals surface area contributed by atoms with E-state index in [1.165, 1.54) is 36.6 Å². The maximum Gasteiger partial charge on any atom is 0.529 e. The third kappa shape index (κ3) is 11.4. The second-order valence-corrected chi connectivity index (χ2v) is 14.9. The van der Waals surface area contributed by atoms with Gasteiger partial charge >= 0.3 is 20.1 Å². The molecule has 0 radical (unpaired) electrons. The third-order valence-corrected chi connectivity index (χ3v) is 9.41. The van der Waals surface area contributed by atoms with Crippen LogP contribution >= 0.6 is 19.2 Å². The van der Waals surface area contributed by atoms with E-state index >= 15 is 0 Å². The molecule has 1 N–H and O–H groups in total. The SMILES string of the molecule is COCOCC(CCc1ccc2sc3cc(Oc4cccc(C(F)(F)F)c4)ccc3c(=O)c2c1)(COP(=O)(OOC)OOC)NC(=O)OC(C)(C)C. The smallest absolute Gasteiger partial charge is 0.457 e. The first kappa shape index (κ1) is 41.1. The van der Waals surface area contributed by atoms with Crippen LogP contribution in [-0.2, 0) is 55.0 Å². The summed E-state index contributed by atoms with van der Waals surface area (Å²) in [5.41, 5.74) is -2.70. The van der Waals surface area contributed by atoms with Gasteiger partial charge in [0.2, 0.25) is 0 Å². The molecule has 1 unspecified atom stereocenters. The summed E-state index contributed by atoms with van der Waals surface area (Å²) in [5.74, 6) is 0.268. The second kappa shape index (κ2) is 17.5. The van der Waals surface area contributed by atoms with Gasteiger partial charge in [0.1, 0.15) is 23.9 Å². The van der Waals surface area contributed by atoms with Gasteiger partial charge in [0.05, 0.1) is 38.5 Å². The van der Waals surface area contributed by atoms with E-state index in [2.05, 4.69) is 24.4 Å². The predicted octanol–water partition coefficient (Wildman–Crippen LogP) is 8.32. The molecule has 0 aliphatic carbocycles. The lowest BCUT2D eigenvalue weighted by atomic mass is 9.92. The summed E-state index contributed by atoms with van der Waals surface area (Å²) in [7, 11) is -0.858. The number of benzene rings is 3. The van der Waals surface area contributed by atoms with E-state index in [4.69, 9.17) is 23.5 Å². The Labute approximate surface area is 301 Å². The van der Waals surface area contributed by atoms with Gasteiger partial charge in [-0.25, -0.2) is 19.1 Å². The Kier molecular flexibility index (Phi) is 13.8. The number of rotatable bonds is 17. The van der Waals surface area contributed by atoms with Crippen molar-refractivity contribution in [3.63, 3.8) is 0 Å². The number of phosphoric acid groups is 1. The standard InChI is InChI=1S/C34H39F3NO12PS/c1-32(2,3)48-31(40)38-33(19-45-21-42-4,20-46-51(41,49-43-5)50-44-6)15-14-22-10-13-28-27(16-22)30(39)26-12-11-25(18-29(26)52-28)47-24-9-7-8-23(17-24)34(35,36)37/h7-13,16-18H,14-15,19-21H2,1-6H3,(H,38,40). The van der Waals surface area contributed by atoms with Crippen molar-refractivity contribution < 1.29 is 65.1 Å². The molecule has 1 atom stereocenters. The number of halogens is 3. The summed E-state index contributed by atoms with van der Waals surface area (Å²) in [5, 5.41) is 3.58. The van der Waals surface area contributed by atoms with Gasteiger partial charge in [-0.05, 0) is 87.7 Å². The number of hydrogen-bond acceptors (Lipinski definition) is 13. The van der Waals surface area contributed by atoms with E-state index in [0.717, 1.165) is 26.4 Å². The van der Waals surface area contributed by atoms with Crippen molar-refractivity contribution >= 4 is 45.4 Å². The number of alkyl carbamates (subject to hydrolysis) is 1. The highest BCUT2D eigenvalue weighted by Crippen LogP contribution is 2.50. The lowest BCUT2D eigenvalue weighted by Gasteiger charge is -2.35. The highest BCUT2D eigenvalue weighted by atomic mass is 32.1. The molecule has 0 spiro atoms. The van der Waals surface area contributed by atoms with Gasteiger partial charge in [0.15, 0.2) is 5.43 Å². The molecule has 13 nitrogen and oxygen atoms in total. The summed E-state index contributed by atoms with van der Waals surface area (Å²) in [4.78, 5) is 35.8. The number of nitrogens with one attached hydrogen (secondary N) is 1. The van der Waals surface area contributed by atoms with Crippen LogP contribution in [0, 0.1) is 0 Å². The molecular weight excluding hydrogens is 734 g/mol. The van der Waals surface area contributed by atoms with Crippen LogP contribution < -0.4 is 15.5 Å². The van der Waals surface area contributed by atoms with E-state index in [1.807, 2.05) is 0 Å². The van der Waals surface area contributed by atoms with Crippen LogP contribution in [0.4, 0.5) is 18.0 Å². The quantitative estimate of drug-likeness (QED) is 0.0275. The molecule has 18 heteroatoms. The van der Waals surface area contributed by atoms with Crippen molar-refractivity contribution in [1.82, 2.24) is 5.32 Å². The number of carbonyl (C=O) groups excluding carboxylic acids is 1. The van der Waals surface area contributed by atoms with Crippen molar-refractivity contribution in [2.24, 2.45) is 0 Å². The normalized spacial score (nSPS) is 13.6. The maximum atomic E-state index is 13.7. The number of methoxy groups -OCH3 is 1. The molecule has 1 heterocycles. The first-order valence-electron chi connectivity index (χ1n) is 15.6. The van der Waals surface area contributed by atoms with E-state index in [1.54, 1.807) is 51.1 Å². The summed E-state index contributed by atoms with van der Waals surface area (Å²) in [6.45, 7) is 4.18. The van der Waals surface area contributed by atoms with E-state index < -0.39 is 43.4 Å². The number of ether oxygens (including phenoxy) is 4. The van der Waals surface area contributed by atoms with Crippen LogP contribution in [-0.4, -0.2) is 58.6 Å². The molecule has 0 fully saturated rings. The van der Waals surface area contributed by atoms with Gasteiger partial charge in [-0.2, -0.15) is 13.2 Å². The van der Waals surface area contributed by atoms with Gasteiger partial charge in [0.25, 0.3) is 0 Å². The summed E-state index contributed by atoms with van der Waals surface area (Å²) in [6.07, 6.45) is -5.00. The largest absolute Gasteiger partial charge is 0.529 e. The fraction of sp³-hybridized carbons (Fsp3) is 0.412. The van der Waals surface area contributed by atoms with Crippen molar-refractivity contribution in [2.75, 3.05) is 41.3 Å². The lowest BCUT2D eigenvalue weighted by Crippen LogP contribution is -2.56. The van der Waals surface area contributed by atoms with Crippen molar-refractivity contribution in [3.05, 3.63) is 82.0 Å². The van der Waals surface area contributed by atoms with Gasteiger partial charge < -0.3 is 24.3 Å². The highest BCUT2D eigenvalue weighted by Gasteiger charge is 2.40. The van der Waals surface area contributed by atoms with Crippen molar-refractivity contribution in [2.45, 2.75) is 50.9 Å². The first-order valence-corrected chi connectivity index (χ1v) is 17.9. The molecule has 1 amide bonds. The summed E-state index contributed by atoms with van der Waals surface area (Å²) < 4.78 is 90.5. The molecule has 1 aromatic heterocycles. The Morgan fingerprint density at radius 1 is 0.865 bits per heavy atom. The molecule has 3 aromatic carbocycles. The lowest BCUT2D eigenvalue weighted by molar-refractivity contribution is -0.260. The molecule has 0 saturated heterocycles. The fourth-order valence-electron chi connectivity index (χ4n) is 4.96. The number of amides is 1. The topological polar surface area (TPSA) is 146 Å². The summed E-state index contributed by atoms with van der Waals surface area (Å²) >= 11 is 1.31. The van der Waals surface area contributed by atoms with Gasteiger partial charge in [-0.1, -0.05) is 12.1 Å². The molecule has 4 rings (SSSR count). The third-order valence-electron chi connectivity index (χ3n) is 7.17. The van der Waals surface area contributed by atoms with Crippen LogP contribution in [0.5, 0.6) is 11.5 Å². The Balaban J connectivity index is 1.64. The molecule has 0 bridgehead atoms. The van der Waals surface area contributed by atoms with Crippen LogP contribution in [0.3, 0.4) is 0 Å². The second-order valence-electron chi connectivity index (χ2n) is 12.4. The van der Waals surface area contributed by atoms with Crippen molar-refractivity contribution in [1.29, 1.82) is 0 Å². The molecule has 52 heavy (non-hydrogen) atoms. The Hall–Kier alpha value is -3.64. The first-order chi connectivity index (χ1) is 24.5. The fourth-order valence-corrected chi connectivity index (χ4v) is 6.92. The molecule has 4 aromatic rings. The monoisotopic (exact) mass is 773 g/mol. The number of fused-ring (bicyclic) bond motifs is 2. The van der Waals surface area contributed by atoms with E-state index in [-0.39, 0.29) is 43.2 Å². The van der Waals surface area contributed by atoms with Crippen LogP contribution in [0.2, 0.25) is 0 Å².